The Labute approximate surface area is 107 Å². The first-order chi connectivity index (χ1) is 8.35. The lowest BCUT2D eigenvalue weighted by atomic mass is 9.89. The molecule has 0 fully saturated rings. The average molecular weight is 284 g/mol. The lowest BCUT2D eigenvalue weighted by Crippen LogP contribution is -2.45. The van der Waals surface area contributed by atoms with Gasteiger partial charge in [0.1, 0.15) is 6.54 Å². The zero-order chi connectivity index (χ0) is 15.4. The molecular weight excluding hydrogens is 269 g/mol. The Morgan fingerprint density at radius 2 is 1.68 bits per heavy atom. The van der Waals surface area contributed by atoms with E-state index in [9.17, 15) is 27.6 Å². The molecule has 0 aromatic carbocycles. The molecule has 0 aromatic heterocycles. The highest BCUT2D eigenvalue weighted by molar-refractivity contribution is 5.96. The van der Waals surface area contributed by atoms with Crippen LogP contribution in [-0.2, 0) is 9.59 Å². The second-order valence-corrected chi connectivity index (χ2v) is 4.69. The van der Waals surface area contributed by atoms with E-state index in [0.717, 1.165) is 7.05 Å². The van der Waals surface area contributed by atoms with Crippen molar-refractivity contribution in [2.75, 3.05) is 13.6 Å². The monoisotopic (exact) mass is 284 g/mol. The van der Waals surface area contributed by atoms with Crippen LogP contribution in [0.25, 0.3) is 0 Å². The minimum Gasteiger partial charge on any atom is -0.481 e. The summed E-state index contributed by atoms with van der Waals surface area (Å²) >= 11 is 0. The van der Waals surface area contributed by atoms with E-state index in [0.29, 0.717) is 0 Å². The molecule has 6 nitrogen and oxygen atoms in total. The Kier molecular flexibility index (Phi) is 5.34. The van der Waals surface area contributed by atoms with Crippen LogP contribution < -0.4 is 5.32 Å². The molecule has 19 heavy (non-hydrogen) atoms. The summed E-state index contributed by atoms with van der Waals surface area (Å²) < 4.78 is 36.0. The molecule has 110 valence electrons. The number of hydrogen-bond donors (Lipinski definition) is 2. The topological polar surface area (TPSA) is 86.7 Å². The number of aliphatic carboxylic acids is 1. The molecule has 0 aromatic rings. The molecule has 0 bridgehead atoms. The Hall–Kier alpha value is -1.80. The average Bonchev–Trinajstić information content (AvgIpc) is 2.12. The molecule has 0 radical (unpaired) electrons. The summed E-state index contributed by atoms with van der Waals surface area (Å²) in [6.45, 7) is 1.02. The van der Waals surface area contributed by atoms with Crippen molar-refractivity contribution in [3.63, 3.8) is 0 Å². The number of imide groups is 1. The fraction of sp³-hybridized carbons (Fsp3) is 0.700. The maximum absolute atomic E-state index is 12.0. The number of amides is 3. The number of urea groups is 1. The van der Waals surface area contributed by atoms with Crippen LogP contribution in [0.15, 0.2) is 0 Å². The number of alkyl halides is 3. The number of nitrogens with one attached hydrogen (secondary N) is 1. The minimum atomic E-state index is -4.57. The summed E-state index contributed by atoms with van der Waals surface area (Å²) in [5.74, 6) is -2.20. The molecule has 2 N–H and O–H groups in total. The third-order valence-corrected chi connectivity index (χ3v) is 2.19. The smallest absolute Gasteiger partial charge is 0.406 e. The first-order valence-corrected chi connectivity index (χ1v) is 5.20. The number of carbonyl (C=O) groups excluding carboxylic acids is 2. The SMILES string of the molecule is CN(CC(F)(F)F)C(=O)NC(=O)CC(C)(C)C(=O)O. The molecular formula is C10H15F3N2O4. The van der Waals surface area contributed by atoms with Gasteiger partial charge in [0.15, 0.2) is 0 Å². The molecule has 0 rings (SSSR count). The van der Waals surface area contributed by atoms with E-state index in [2.05, 4.69) is 0 Å². The number of rotatable bonds is 4. The van der Waals surface area contributed by atoms with E-state index in [1.54, 1.807) is 5.32 Å². The van der Waals surface area contributed by atoms with E-state index >= 15 is 0 Å². The van der Waals surface area contributed by atoms with Crippen molar-refractivity contribution in [2.24, 2.45) is 5.41 Å². The van der Waals surface area contributed by atoms with Gasteiger partial charge < -0.3 is 10.0 Å². The largest absolute Gasteiger partial charge is 0.481 e. The highest BCUT2D eigenvalue weighted by Crippen LogP contribution is 2.20. The van der Waals surface area contributed by atoms with Gasteiger partial charge >= 0.3 is 18.2 Å². The van der Waals surface area contributed by atoms with Crippen molar-refractivity contribution in [3.8, 4) is 0 Å². The van der Waals surface area contributed by atoms with Gasteiger partial charge in [-0.1, -0.05) is 0 Å². The van der Waals surface area contributed by atoms with Crippen molar-refractivity contribution in [2.45, 2.75) is 26.4 Å². The van der Waals surface area contributed by atoms with E-state index in [1.807, 2.05) is 0 Å². The fourth-order valence-electron chi connectivity index (χ4n) is 1.08. The number of carboxylic acid groups (broad SMARTS) is 1. The van der Waals surface area contributed by atoms with Crippen LogP contribution in [-0.4, -0.2) is 47.7 Å². The quantitative estimate of drug-likeness (QED) is 0.812. The number of hydrogen-bond acceptors (Lipinski definition) is 3. The number of halogens is 3. The van der Waals surface area contributed by atoms with Crippen molar-refractivity contribution >= 4 is 17.9 Å². The molecule has 9 heteroatoms. The maximum Gasteiger partial charge on any atom is 0.406 e. The summed E-state index contributed by atoms with van der Waals surface area (Å²) in [5.41, 5.74) is -1.41. The van der Waals surface area contributed by atoms with Crippen LogP contribution in [0.4, 0.5) is 18.0 Å². The van der Waals surface area contributed by atoms with E-state index in [4.69, 9.17) is 5.11 Å². The van der Waals surface area contributed by atoms with Gasteiger partial charge in [0.25, 0.3) is 0 Å². The summed E-state index contributed by atoms with van der Waals surface area (Å²) in [7, 11) is 0.873. The molecule has 0 aliphatic carbocycles. The second kappa shape index (κ2) is 5.89. The second-order valence-electron chi connectivity index (χ2n) is 4.69. The van der Waals surface area contributed by atoms with Crippen LogP contribution in [0.5, 0.6) is 0 Å². The summed E-state index contributed by atoms with van der Waals surface area (Å²) in [5, 5.41) is 10.5. The van der Waals surface area contributed by atoms with Gasteiger partial charge in [-0.05, 0) is 13.8 Å². The van der Waals surface area contributed by atoms with Crippen molar-refractivity contribution in [3.05, 3.63) is 0 Å². The molecule has 0 aliphatic rings. The number of carboxylic acids is 1. The first kappa shape index (κ1) is 17.2. The molecule has 0 saturated carbocycles. The van der Waals surface area contributed by atoms with Gasteiger partial charge in [-0.15, -0.1) is 0 Å². The van der Waals surface area contributed by atoms with Gasteiger partial charge in [0.2, 0.25) is 5.91 Å². The highest BCUT2D eigenvalue weighted by atomic mass is 19.4. The summed E-state index contributed by atoms with van der Waals surface area (Å²) in [6.07, 6.45) is -5.09. The van der Waals surface area contributed by atoms with Crippen LogP contribution >= 0.6 is 0 Å². The van der Waals surface area contributed by atoms with E-state index in [1.165, 1.54) is 13.8 Å². The number of carbonyl (C=O) groups is 3. The van der Waals surface area contributed by atoms with Crippen LogP contribution in [0.2, 0.25) is 0 Å². The molecule has 0 spiro atoms. The molecule has 3 amide bonds. The van der Waals surface area contributed by atoms with Gasteiger partial charge in [-0.25, -0.2) is 4.79 Å². The Morgan fingerprint density at radius 1 is 1.21 bits per heavy atom. The molecule has 0 saturated heterocycles. The predicted octanol–water partition coefficient (Wildman–Crippen LogP) is 1.22. The van der Waals surface area contributed by atoms with Crippen molar-refractivity contribution < 1.29 is 32.7 Å². The lowest BCUT2D eigenvalue weighted by Gasteiger charge is -2.21. The highest BCUT2D eigenvalue weighted by Gasteiger charge is 2.33. The van der Waals surface area contributed by atoms with Gasteiger partial charge in [-0.2, -0.15) is 13.2 Å². The standard InChI is InChI=1S/C10H15F3N2O4/c1-9(2,7(17)18)4-6(16)14-8(19)15(3)5-10(11,12)13/h4-5H2,1-3H3,(H,17,18)(H,14,16,19). The predicted molar refractivity (Wildman–Crippen MR) is 58.3 cm³/mol. The Balaban J connectivity index is 4.43. The van der Waals surface area contributed by atoms with Crippen LogP contribution in [0, 0.1) is 5.41 Å². The lowest BCUT2D eigenvalue weighted by molar-refractivity contribution is -0.149. The summed E-state index contributed by atoms with van der Waals surface area (Å²) in [6, 6.07) is -1.23. The van der Waals surface area contributed by atoms with Crippen LogP contribution in [0.1, 0.15) is 20.3 Å². The Bertz CT molecular complexity index is 379. The van der Waals surface area contributed by atoms with Gasteiger partial charge in [-0.3, -0.25) is 14.9 Å². The van der Waals surface area contributed by atoms with Gasteiger partial charge in [0.05, 0.1) is 5.41 Å². The van der Waals surface area contributed by atoms with E-state index in [-0.39, 0.29) is 4.90 Å². The Morgan fingerprint density at radius 3 is 2.05 bits per heavy atom. The third kappa shape index (κ3) is 6.63. The van der Waals surface area contributed by atoms with E-state index < -0.39 is 42.5 Å². The zero-order valence-electron chi connectivity index (χ0n) is 10.7. The van der Waals surface area contributed by atoms with Gasteiger partial charge in [0, 0.05) is 13.5 Å². The number of nitrogens with zero attached hydrogens (tertiary/aromatic N) is 1. The fourth-order valence-corrected chi connectivity index (χ4v) is 1.08. The molecule has 0 atom stereocenters. The summed E-state index contributed by atoms with van der Waals surface area (Å²) in [4.78, 5) is 33.6. The third-order valence-electron chi connectivity index (χ3n) is 2.19. The first-order valence-electron chi connectivity index (χ1n) is 5.20. The zero-order valence-corrected chi connectivity index (χ0v) is 10.7. The van der Waals surface area contributed by atoms with Crippen molar-refractivity contribution in [1.29, 1.82) is 0 Å². The van der Waals surface area contributed by atoms with Crippen LogP contribution in [0.3, 0.4) is 0 Å². The maximum atomic E-state index is 12.0. The molecule has 0 unspecified atom stereocenters. The molecule has 0 heterocycles. The molecule has 0 aliphatic heterocycles. The van der Waals surface area contributed by atoms with Crippen molar-refractivity contribution in [1.82, 2.24) is 10.2 Å². The normalized spacial score (nSPS) is 11.9. The minimum absolute atomic E-state index is 0.283.